The van der Waals surface area contributed by atoms with Crippen LogP contribution in [0, 0.1) is 17.7 Å². The second-order valence-corrected chi connectivity index (χ2v) is 10.6. The van der Waals surface area contributed by atoms with E-state index in [-0.39, 0.29) is 53.3 Å². The molecule has 1 aliphatic carbocycles. The molecular formula is C26H34FN3O3S. The molecular weight excluding hydrogens is 453 g/mol. The SMILES string of the molecule is CCCCCNC(=O)C1CCC(CN2C(=O)C3SC=CC3N(Cc3cccc(F)c3)C2=O)CC1. The van der Waals surface area contributed by atoms with Gasteiger partial charge in [-0.05, 0) is 61.1 Å². The summed E-state index contributed by atoms with van der Waals surface area (Å²) in [6.45, 7) is 3.52. The summed E-state index contributed by atoms with van der Waals surface area (Å²) in [5, 5.41) is 4.59. The number of hydrogen-bond donors (Lipinski definition) is 1. The van der Waals surface area contributed by atoms with Gasteiger partial charge < -0.3 is 10.2 Å². The Balaban J connectivity index is 1.36. The topological polar surface area (TPSA) is 69.7 Å². The van der Waals surface area contributed by atoms with E-state index in [1.807, 2.05) is 11.5 Å². The molecule has 4 rings (SSSR count). The Bertz CT molecular complexity index is 932. The minimum absolute atomic E-state index is 0.0223. The summed E-state index contributed by atoms with van der Waals surface area (Å²) in [5.74, 6) is -0.125. The van der Waals surface area contributed by atoms with Gasteiger partial charge in [0, 0.05) is 25.6 Å². The lowest BCUT2D eigenvalue weighted by Gasteiger charge is -2.43. The third-order valence-electron chi connectivity index (χ3n) is 7.14. The maximum atomic E-state index is 13.7. The summed E-state index contributed by atoms with van der Waals surface area (Å²) in [7, 11) is 0. The molecule has 2 heterocycles. The average Bonchev–Trinajstić information content (AvgIpc) is 3.33. The van der Waals surface area contributed by atoms with Crippen molar-refractivity contribution in [1.82, 2.24) is 15.1 Å². The zero-order chi connectivity index (χ0) is 24.1. The predicted octanol–water partition coefficient (Wildman–Crippen LogP) is 4.70. The number of rotatable bonds is 9. The first-order valence-electron chi connectivity index (χ1n) is 12.4. The second kappa shape index (κ2) is 11.4. The number of nitrogens with zero attached hydrogens (tertiary/aromatic N) is 2. The third kappa shape index (κ3) is 5.65. The summed E-state index contributed by atoms with van der Waals surface area (Å²) in [5.41, 5.74) is 0.706. The van der Waals surface area contributed by atoms with Gasteiger partial charge in [-0.2, -0.15) is 0 Å². The molecule has 0 aromatic heterocycles. The lowest BCUT2D eigenvalue weighted by Crippen LogP contribution is -2.62. The minimum atomic E-state index is -0.350. The zero-order valence-electron chi connectivity index (χ0n) is 19.7. The number of benzene rings is 1. The lowest BCUT2D eigenvalue weighted by atomic mass is 9.81. The predicted molar refractivity (Wildman–Crippen MR) is 131 cm³/mol. The van der Waals surface area contributed by atoms with Crippen LogP contribution >= 0.6 is 11.8 Å². The largest absolute Gasteiger partial charge is 0.356 e. The highest BCUT2D eigenvalue weighted by molar-refractivity contribution is 8.03. The fraction of sp³-hybridized carbons (Fsp3) is 0.577. The molecule has 4 amide bonds. The van der Waals surface area contributed by atoms with Crippen molar-refractivity contribution in [2.24, 2.45) is 11.8 Å². The Kier molecular flexibility index (Phi) is 8.29. The van der Waals surface area contributed by atoms with Crippen LogP contribution in [0.15, 0.2) is 35.7 Å². The van der Waals surface area contributed by atoms with Crippen molar-refractivity contribution in [1.29, 1.82) is 0 Å². The van der Waals surface area contributed by atoms with Crippen LogP contribution in [0.1, 0.15) is 57.4 Å². The van der Waals surface area contributed by atoms with E-state index in [4.69, 9.17) is 0 Å². The van der Waals surface area contributed by atoms with Gasteiger partial charge in [0.15, 0.2) is 0 Å². The number of nitrogens with one attached hydrogen (secondary N) is 1. The van der Waals surface area contributed by atoms with Crippen molar-refractivity contribution in [2.45, 2.75) is 69.7 Å². The van der Waals surface area contributed by atoms with Gasteiger partial charge in [0.2, 0.25) is 11.8 Å². The molecule has 3 aliphatic rings. The molecule has 34 heavy (non-hydrogen) atoms. The number of urea groups is 1. The number of imide groups is 1. The van der Waals surface area contributed by atoms with Crippen molar-refractivity contribution < 1.29 is 18.8 Å². The number of unbranched alkanes of at least 4 members (excludes halogenated alkanes) is 2. The molecule has 1 saturated carbocycles. The van der Waals surface area contributed by atoms with Crippen LogP contribution in [0.2, 0.25) is 0 Å². The highest BCUT2D eigenvalue weighted by Gasteiger charge is 2.47. The van der Waals surface area contributed by atoms with Crippen molar-refractivity contribution in [2.75, 3.05) is 13.1 Å². The first kappa shape index (κ1) is 24.8. The monoisotopic (exact) mass is 487 g/mol. The van der Waals surface area contributed by atoms with Crippen LogP contribution in [0.3, 0.4) is 0 Å². The van der Waals surface area contributed by atoms with Gasteiger partial charge in [0.05, 0.1) is 6.04 Å². The highest BCUT2D eigenvalue weighted by atomic mass is 32.2. The summed E-state index contributed by atoms with van der Waals surface area (Å²) < 4.78 is 13.7. The van der Waals surface area contributed by atoms with Crippen LogP contribution in [0.25, 0.3) is 0 Å². The number of hydrogen-bond acceptors (Lipinski definition) is 4. The molecule has 2 aliphatic heterocycles. The molecule has 1 aromatic carbocycles. The van der Waals surface area contributed by atoms with Crippen LogP contribution < -0.4 is 5.32 Å². The van der Waals surface area contributed by atoms with Gasteiger partial charge in [0.1, 0.15) is 11.1 Å². The molecule has 2 atom stereocenters. The summed E-state index contributed by atoms with van der Waals surface area (Å²) >= 11 is 1.44. The number of amides is 4. The van der Waals surface area contributed by atoms with E-state index in [9.17, 15) is 18.8 Å². The Morgan fingerprint density at radius 3 is 2.71 bits per heavy atom. The van der Waals surface area contributed by atoms with Gasteiger partial charge in [-0.15, -0.1) is 11.8 Å². The average molecular weight is 488 g/mol. The summed E-state index contributed by atoms with van der Waals surface area (Å²) in [6, 6.07) is 5.63. The third-order valence-corrected chi connectivity index (χ3v) is 8.22. The standard InChI is InChI=1S/C26H34FN3O3S/c1-2-3-4-13-28-24(31)20-10-8-18(9-11-20)16-30-25(32)23-22(12-14-34-23)29(26(30)33)17-19-6-5-7-21(27)15-19/h5-7,12,14-15,18,20,22-23H,2-4,8-11,13,16-17H2,1H3,(H,28,31). The number of fused-ring (bicyclic) bond motifs is 1. The quantitative estimate of drug-likeness (QED) is 0.513. The van der Waals surface area contributed by atoms with Crippen LogP contribution in [-0.4, -0.2) is 52.0 Å². The molecule has 0 spiro atoms. The van der Waals surface area contributed by atoms with Gasteiger partial charge in [-0.1, -0.05) is 38.0 Å². The summed E-state index contributed by atoms with van der Waals surface area (Å²) in [6.07, 6.45) is 8.39. The smallest absolute Gasteiger partial charge is 0.327 e. The van der Waals surface area contributed by atoms with Crippen molar-refractivity contribution in [3.8, 4) is 0 Å². The fourth-order valence-electron chi connectivity index (χ4n) is 5.16. The number of halogens is 1. The Hall–Kier alpha value is -2.35. The Morgan fingerprint density at radius 2 is 1.97 bits per heavy atom. The Morgan fingerprint density at radius 1 is 1.18 bits per heavy atom. The van der Waals surface area contributed by atoms with E-state index in [2.05, 4.69) is 12.2 Å². The second-order valence-electron chi connectivity index (χ2n) is 9.58. The maximum Gasteiger partial charge on any atom is 0.327 e. The van der Waals surface area contributed by atoms with Crippen molar-refractivity contribution >= 4 is 29.6 Å². The molecule has 1 N–H and O–H groups in total. The first-order valence-corrected chi connectivity index (χ1v) is 13.4. The number of thioether (sulfide) groups is 1. The minimum Gasteiger partial charge on any atom is -0.356 e. The van der Waals surface area contributed by atoms with E-state index in [1.54, 1.807) is 17.0 Å². The van der Waals surface area contributed by atoms with E-state index >= 15 is 0 Å². The maximum absolute atomic E-state index is 13.7. The van der Waals surface area contributed by atoms with Crippen LogP contribution in [-0.2, 0) is 16.1 Å². The zero-order valence-corrected chi connectivity index (χ0v) is 20.6. The first-order chi connectivity index (χ1) is 16.5. The molecule has 1 saturated heterocycles. The van der Waals surface area contributed by atoms with Crippen molar-refractivity contribution in [3.63, 3.8) is 0 Å². The molecule has 0 bridgehead atoms. The highest BCUT2D eigenvalue weighted by Crippen LogP contribution is 2.37. The number of carbonyl (C=O) groups excluding carboxylic acids is 3. The van der Waals surface area contributed by atoms with Crippen molar-refractivity contribution in [3.05, 3.63) is 47.1 Å². The molecule has 1 aromatic rings. The molecule has 8 heteroatoms. The number of carbonyl (C=O) groups is 3. The van der Waals surface area contributed by atoms with E-state index in [0.717, 1.165) is 51.5 Å². The van der Waals surface area contributed by atoms with E-state index in [0.29, 0.717) is 12.1 Å². The van der Waals surface area contributed by atoms with Crippen LogP contribution in [0.4, 0.5) is 9.18 Å². The molecule has 6 nitrogen and oxygen atoms in total. The molecule has 0 radical (unpaired) electrons. The van der Waals surface area contributed by atoms with Gasteiger partial charge >= 0.3 is 6.03 Å². The molecule has 2 fully saturated rings. The molecule has 184 valence electrons. The van der Waals surface area contributed by atoms with Gasteiger partial charge in [0.25, 0.3) is 0 Å². The van der Waals surface area contributed by atoms with Gasteiger partial charge in [-0.3, -0.25) is 14.5 Å². The lowest BCUT2D eigenvalue weighted by molar-refractivity contribution is -0.132. The van der Waals surface area contributed by atoms with Gasteiger partial charge in [-0.25, -0.2) is 9.18 Å². The van der Waals surface area contributed by atoms with Crippen LogP contribution in [0.5, 0.6) is 0 Å². The fourth-order valence-corrected chi connectivity index (χ4v) is 6.23. The summed E-state index contributed by atoms with van der Waals surface area (Å²) in [4.78, 5) is 42.1. The van der Waals surface area contributed by atoms with E-state index in [1.165, 1.54) is 28.8 Å². The molecule has 2 unspecified atom stereocenters. The van der Waals surface area contributed by atoms with E-state index < -0.39 is 0 Å². The Labute approximate surface area is 205 Å². The normalized spacial score (nSPS) is 26.6.